The minimum Gasteiger partial charge on any atom is -0.0807 e. The van der Waals surface area contributed by atoms with Crippen molar-refractivity contribution in [2.45, 2.75) is 18.2 Å². The van der Waals surface area contributed by atoms with E-state index in [2.05, 4.69) is 54.0 Å². The third-order valence-electron chi connectivity index (χ3n) is 1.46. The smallest absolute Gasteiger partial charge is 0.0449 e. The third kappa shape index (κ3) is 1.84. The average Bonchev–Trinajstić information content (AvgIpc) is 1.88. The topological polar surface area (TPSA) is 0 Å². The highest BCUT2D eigenvalue weighted by atomic mass is 79.9. The Labute approximate surface area is 70.4 Å². The van der Waals surface area contributed by atoms with Gasteiger partial charge in [-0.25, -0.2) is 0 Å². The standard InChI is InChI=1S/C9H11Br/c1-9(2,10)8-6-4-3-5-7-8/h3-7H,1-2H3. The SMILES string of the molecule is CC(C)(Br)c1ccccc1. The van der Waals surface area contributed by atoms with E-state index in [1.165, 1.54) is 5.56 Å². The lowest BCUT2D eigenvalue weighted by atomic mass is 10.0. The first-order chi connectivity index (χ1) is 4.61. The van der Waals surface area contributed by atoms with E-state index in [1.807, 2.05) is 6.07 Å². The summed E-state index contributed by atoms with van der Waals surface area (Å²) in [7, 11) is 0. The molecule has 0 aliphatic carbocycles. The zero-order valence-corrected chi connectivity index (χ0v) is 7.85. The molecule has 0 amide bonds. The highest BCUT2D eigenvalue weighted by molar-refractivity contribution is 9.09. The summed E-state index contributed by atoms with van der Waals surface area (Å²) in [5.74, 6) is 0. The molecule has 1 aromatic rings. The third-order valence-corrected chi connectivity index (χ3v) is 1.92. The van der Waals surface area contributed by atoms with Crippen LogP contribution in [0.3, 0.4) is 0 Å². The van der Waals surface area contributed by atoms with Gasteiger partial charge in [-0.2, -0.15) is 0 Å². The van der Waals surface area contributed by atoms with E-state index < -0.39 is 0 Å². The molecule has 54 valence electrons. The molecule has 0 unspecified atom stereocenters. The molecule has 0 radical (unpaired) electrons. The van der Waals surface area contributed by atoms with Crippen LogP contribution >= 0.6 is 15.9 Å². The van der Waals surface area contributed by atoms with Crippen LogP contribution in [0, 0.1) is 0 Å². The van der Waals surface area contributed by atoms with Crippen LogP contribution < -0.4 is 0 Å². The van der Waals surface area contributed by atoms with Gasteiger partial charge in [-0.15, -0.1) is 0 Å². The molecule has 0 atom stereocenters. The maximum absolute atomic E-state index is 3.59. The van der Waals surface area contributed by atoms with E-state index in [1.54, 1.807) is 0 Å². The minimum absolute atomic E-state index is 0.105. The number of halogens is 1. The van der Waals surface area contributed by atoms with Crippen molar-refractivity contribution < 1.29 is 0 Å². The van der Waals surface area contributed by atoms with Gasteiger partial charge in [0, 0.05) is 4.32 Å². The van der Waals surface area contributed by atoms with E-state index in [4.69, 9.17) is 0 Å². The Morgan fingerprint density at radius 2 is 1.60 bits per heavy atom. The van der Waals surface area contributed by atoms with Crippen LogP contribution in [0.25, 0.3) is 0 Å². The molecule has 0 spiro atoms. The molecule has 0 N–H and O–H groups in total. The van der Waals surface area contributed by atoms with Gasteiger partial charge in [-0.1, -0.05) is 46.3 Å². The quantitative estimate of drug-likeness (QED) is 0.608. The van der Waals surface area contributed by atoms with Crippen LogP contribution in [-0.4, -0.2) is 0 Å². The Kier molecular flexibility index (Phi) is 2.14. The van der Waals surface area contributed by atoms with Crippen molar-refractivity contribution in [2.24, 2.45) is 0 Å². The Bertz CT molecular complexity index is 196. The fourth-order valence-electron chi connectivity index (χ4n) is 0.834. The molecule has 0 bridgehead atoms. The van der Waals surface area contributed by atoms with Gasteiger partial charge in [0.15, 0.2) is 0 Å². The van der Waals surface area contributed by atoms with Gasteiger partial charge in [0.1, 0.15) is 0 Å². The van der Waals surface area contributed by atoms with Crippen LogP contribution in [0.5, 0.6) is 0 Å². The predicted molar refractivity (Wildman–Crippen MR) is 48.4 cm³/mol. The van der Waals surface area contributed by atoms with Crippen molar-refractivity contribution >= 4 is 15.9 Å². The summed E-state index contributed by atoms with van der Waals surface area (Å²) in [6.07, 6.45) is 0. The zero-order valence-electron chi connectivity index (χ0n) is 6.26. The number of rotatable bonds is 1. The summed E-state index contributed by atoms with van der Waals surface area (Å²) in [4.78, 5) is 0. The van der Waals surface area contributed by atoms with Gasteiger partial charge in [0.05, 0.1) is 0 Å². The van der Waals surface area contributed by atoms with E-state index in [9.17, 15) is 0 Å². The van der Waals surface area contributed by atoms with Gasteiger partial charge in [-0.3, -0.25) is 0 Å². The Morgan fingerprint density at radius 3 is 1.90 bits per heavy atom. The summed E-state index contributed by atoms with van der Waals surface area (Å²) >= 11 is 3.59. The molecule has 1 rings (SSSR count). The molecule has 0 aliphatic heterocycles. The van der Waals surface area contributed by atoms with Crippen LogP contribution in [0.2, 0.25) is 0 Å². The number of hydrogen-bond acceptors (Lipinski definition) is 0. The lowest BCUT2D eigenvalue weighted by Gasteiger charge is -2.15. The van der Waals surface area contributed by atoms with Crippen LogP contribution in [0.15, 0.2) is 30.3 Å². The molecular formula is C9H11Br. The number of alkyl halides is 1. The maximum Gasteiger partial charge on any atom is 0.0449 e. The molecule has 0 aromatic heterocycles. The minimum atomic E-state index is 0.105. The van der Waals surface area contributed by atoms with E-state index >= 15 is 0 Å². The summed E-state index contributed by atoms with van der Waals surface area (Å²) in [6.45, 7) is 4.28. The molecule has 1 heteroatoms. The van der Waals surface area contributed by atoms with E-state index in [0.29, 0.717) is 0 Å². The van der Waals surface area contributed by atoms with Crippen molar-refractivity contribution in [1.82, 2.24) is 0 Å². The fourth-order valence-corrected chi connectivity index (χ4v) is 1.10. The van der Waals surface area contributed by atoms with Crippen molar-refractivity contribution in [2.75, 3.05) is 0 Å². The fraction of sp³-hybridized carbons (Fsp3) is 0.333. The lowest BCUT2D eigenvalue weighted by molar-refractivity contribution is 0.803. The molecule has 10 heavy (non-hydrogen) atoms. The zero-order chi connectivity index (χ0) is 7.61. The molecule has 0 saturated heterocycles. The van der Waals surface area contributed by atoms with Gasteiger partial charge in [0.2, 0.25) is 0 Å². The second kappa shape index (κ2) is 2.75. The largest absolute Gasteiger partial charge is 0.0807 e. The van der Waals surface area contributed by atoms with Crippen LogP contribution in [0.1, 0.15) is 19.4 Å². The molecule has 0 saturated carbocycles. The molecule has 0 aliphatic rings. The van der Waals surface area contributed by atoms with E-state index in [-0.39, 0.29) is 4.32 Å². The van der Waals surface area contributed by atoms with Crippen molar-refractivity contribution in [3.05, 3.63) is 35.9 Å². The Hall–Kier alpha value is -0.300. The maximum atomic E-state index is 3.59. The van der Waals surface area contributed by atoms with Crippen molar-refractivity contribution in [1.29, 1.82) is 0 Å². The number of hydrogen-bond donors (Lipinski definition) is 0. The van der Waals surface area contributed by atoms with Crippen molar-refractivity contribution in [3.8, 4) is 0 Å². The summed E-state index contributed by atoms with van der Waals surface area (Å²) < 4.78 is 0.105. The summed E-state index contributed by atoms with van der Waals surface area (Å²) in [5.41, 5.74) is 1.31. The van der Waals surface area contributed by atoms with Crippen molar-refractivity contribution in [3.63, 3.8) is 0 Å². The first-order valence-electron chi connectivity index (χ1n) is 3.35. The second-order valence-electron chi connectivity index (χ2n) is 2.84. The van der Waals surface area contributed by atoms with Gasteiger partial charge < -0.3 is 0 Å². The average molecular weight is 199 g/mol. The van der Waals surface area contributed by atoms with Gasteiger partial charge in [-0.05, 0) is 19.4 Å². The van der Waals surface area contributed by atoms with Crippen LogP contribution in [-0.2, 0) is 4.32 Å². The predicted octanol–water partition coefficient (Wildman–Crippen LogP) is 3.32. The molecule has 0 heterocycles. The normalized spacial score (nSPS) is 11.5. The molecule has 1 aromatic carbocycles. The van der Waals surface area contributed by atoms with E-state index in [0.717, 1.165) is 0 Å². The highest BCUT2D eigenvalue weighted by Crippen LogP contribution is 2.28. The Morgan fingerprint density at radius 1 is 1.10 bits per heavy atom. The monoisotopic (exact) mass is 198 g/mol. The van der Waals surface area contributed by atoms with Gasteiger partial charge in [0.25, 0.3) is 0 Å². The Balaban J connectivity index is 2.97. The first kappa shape index (κ1) is 7.80. The summed E-state index contributed by atoms with van der Waals surface area (Å²) in [6, 6.07) is 10.4. The molecule has 0 fully saturated rings. The van der Waals surface area contributed by atoms with Gasteiger partial charge >= 0.3 is 0 Å². The summed E-state index contributed by atoms with van der Waals surface area (Å²) in [5, 5.41) is 0. The lowest BCUT2D eigenvalue weighted by Crippen LogP contribution is -2.05. The highest BCUT2D eigenvalue weighted by Gasteiger charge is 2.13. The molecular weight excluding hydrogens is 188 g/mol. The first-order valence-corrected chi connectivity index (χ1v) is 4.14. The molecule has 0 nitrogen and oxygen atoms in total. The second-order valence-corrected chi connectivity index (χ2v) is 4.82. The van der Waals surface area contributed by atoms with Crippen LogP contribution in [0.4, 0.5) is 0 Å². The number of benzene rings is 1.